The van der Waals surface area contributed by atoms with Crippen molar-refractivity contribution >= 4 is 17.0 Å². The Morgan fingerprint density at radius 3 is 2.78 bits per heavy atom. The van der Waals surface area contributed by atoms with Gasteiger partial charge in [0.2, 0.25) is 0 Å². The number of rotatable bonds is 4. The first-order valence-electron chi connectivity index (χ1n) is 7.92. The summed E-state index contributed by atoms with van der Waals surface area (Å²) in [4.78, 5) is 17.1. The molecule has 1 aliphatic carbocycles. The number of fused-ring (bicyclic) bond motifs is 1. The lowest BCUT2D eigenvalue weighted by molar-refractivity contribution is 0.0957. The summed E-state index contributed by atoms with van der Waals surface area (Å²) < 4.78 is 5.45. The van der Waals surface area contributed by atoms with Crippen LogP contribution in [-0.2, 0) is 0 Å². The lowest BCUT2D eigenvalue weighted by atomic mass is 10.0. The van der Waals surface area contributed by atoms with Crippen LogP contribution in [0, 0.1) is 0 Å². The minimum Gasteiger partial charge on any atom is -0.352 e. The van der Waals surface area contributed by atoms with Crippen molar-refractivity contribution in [3.8, 4) is 11.3 Å². The number of hydrogen-bond acceptors (Lipinski definition) is 4. The molecule has 4 rings (SSSR count). The molecule has 0 saturated heterocycles. The summed E-state index contributed by atoms with van der Waals surface area (Å²) in [5.74, 6) is 0.333. The maximum atomic E-state index is 12.5. The number of carbonyl (C=O) groups excluding carboxylic acids is 1. The normalized spacial score (nSPS) is 14.1. The molecule has 23 heavy (non-hydrogen) atoms. The molecule has 3 aromatic rings. The predicted octanol–water partition coefficient (Wildman–Crippen LogP) is 3.52. The van der Waals surface area contributed by atoms with Crippen LogP contribution in [-0.4, -0.2) is 22.6 Å². The fourth-order valence-corrected chi connectivity index (χ4v) is 2.79. The molecule has 116 valence electrons. The lowest BCUT2D eigenvalue weighted by Gasteiger charge is -2.07. The summed E-state index contributed by atoms with van der Waals surface area (Å²) >= 11 is 0. The van der Waals surface area contributed by atoms with Gasteiger partial charge in [-0.25, -0.2) is 4.98 Å². The number of amides is 1. The Kier molecular flexibility index (Phi) is 3.33. The van der Waals surface area contributed by atoms with Gasteiger partial charge in [-0.15, -0.1) is 0 Å². The monoisotopic (exact) mass is 307 g/mol. The van der Waals surface area contributed by atoms with Gasteiger partial charge >= 0.3 is 0 Å². The van der Waals surface area contributed by atoms with Crippen LogP contribution < -0.4 is 5.32 Å². The van der Waals surface area contributed by atoms with Gasteiger partial charge < -0.3 is 9.84 Å². The molecule has 1 amide bonds. The number of nitrogens with one attached hydrogen (secondary N) is 1. The summed E-state index contributed by atoms with van der Waals surface area (Å²) in [5, 5.41) is 7.73. The van der Waals surface area contributed by atoms with E-state index in [1.165, 1.54) is 0 Å². The second-order valence-corrected chi connectivity index (χ2v) is 5.81. The predicted molar refractivity (Wildman–Crippen MR) is 87.2 cm³/mol. The molecular formula is C18H17N3O2. The number of carbonyl (C=O) groups is 1. The number of benzene rings is 1. The van der Waals surface area contributed by atoms with Crippen molar-refractivity contribution in [2.24, 2.45) is 0 Å². The molecule has 2 heterocycles. The van der Waals surface area contributed by atoms with E-state index < -0.39 is 0 Å². The van der Waals surface area contributed by atoms with Crippen LogP contribution in [0.4, 0.5) is 0 Å². The minimum atomic E-state index is -0.109. The lowest BCUT2D eigenvalue weighted by Crippen LogP contribution is -2.23. The van der Waals surface area contributed by atoms with Gasteiger partial charge in [-0.2, -0.15) is 0 Å². The molecule has 0 radical (unpaired) electrons. The van der Waals surface area contributed by atoms with Crippen LogP contribution in [0.1, 0.15) is 41.7 Å². The Labute approximate surface area is 133 Å². The van der Waals surface area contributed by atoms with Gasteiger partial charge in [0.15, 0.2) is 0 Å². The topological polar surface area (TPSA) is 68.0 Å². The fraction of sp³-hybridized carbons (Fsp3) is 0.278. The summed E-state index contributed by atoms with van der Waals surface area (Å²) in [6.45, 7) is 2.48. The van der Waals surface area contributed by atoms with E-state index in [1.54, 1.807) is 0 Å². The zero-order valence-electron chi connectivity index (χ0n) is 12.9. The first-order chi connectivity index (χ1) is 11.3. The van der Waals surface area contributed by atoms with Crippen LogP contribution in [0.25, 0.3) is 22.4 Å². The molecule has 0 bridgehead atoms. The average molecular weight is 307 g/mol. The van der Waals surface area contributed by atoms with Crippen molar-refractivity contribution in [2.75, 3.05) is 6.54 Å². The number of nitrogens with zero attached hydrogens (tertiary/aromatic N) is 2. The molecule has 0 unspecified atom stereocenters. The molecule has 5 nitrogen and oxygen atoms in total. The Balaban J connectivity index is 1.94. The number of aromatic nitrogens is 2. The smallest absolute Gasteiger partial charge is 0.259 e. The zero-order valence-corrected chi connectivity index (χ0v) is 12.9. The molecule has 0 spiro atoms. The van der Waals surface area contributed by atoms with Crippen LogP contribution in [0.5, 0.6) is 0 Å². The van der Waals surface area contributed by atoms with Gasteiger partial charge in [0.25, 0.3) is 11.6 Å². The highest BCUT2D eigenvalue weighted by Crippen LogP contribution is 2.41. The van der Waals surface area contributed by atoms with Crippen molar-refractivity contribution in [1.29, 1.82) is 0 Å². The van der Waals surface area contributed by atoms with E-state index in [2.05, 4.69) is 15.5 Å². The van der Waals surface area contributed by atoms with Crippen molar-refractivity contribution < 1.29 is 9.32 Å². The van der Waals surface area contributed by atoms with Crippen molar-refractivity contribution in [3.05, 3.63) is 47.7 Å². The Morgan fingerprint density at radius 2 is 2.09 bits per heavy atom. The van der Waals surface area contributed by atoms with E-state index in [-0.39, 0.29) is 5.91 Å². The molecule has 1 saturated carbocycles. The van der Waals surface area contributed by atoms with E-state index in [9.17, 15) is 4.79 Å². The summed E-state index contributed by atoms with van der Waals surface area (Å²) in [7, 11) is 0. The second-order valence-electron chi connectivity index (χ2n) is 5.81. The van der Waals surface area contributed by atoms with E-state index in [4.69, 9.17) is 4.52 Å². The average Bonchev–Trinajstić information content (AvgIpc) is 3.34. The van der Waals surface area contributed by atoms with Crippen LogP contribution in [0.15, 0.2) is 40.9 Å². The van der Waals surface area contributed by atoms with E-state index in [1.807, 2.05) is 43.3 Å². The molecule has 5 heteroatoms. The molecule has 0 aliphatic heterocycles. The third-order valence-corrected chi connectivity index (χ3v) is 4.09. The summed E-state index contributed by atoms with van der Waals surface area (Å²) in [6, 6.07) is 11.6. The van der Waals surface area contributed by atoms with Gasteiger partial charge in [-0.05, 0) is 25.8 Å². The van der Waals surface area contributed by atoms with Gasteiger partial charge in [-0.1, -0.05) is 35.5 Å². The van der Waals surface area contributed by atoms with Gasteiger partial charge in [0.1, 0.15) is 5.69 Å². The molecule has 2 aromatic heterocycles. The summed E-state index contributed by atoms with van der Waals surface area (Å²) in [5.41, 5.74) is 3.54. The highest BCUT2D eigenvalue weighted by Gasteiger charge is 2.29. The van der Waals surface area contributed by atoms with Gasteiger partial charge in [0.05, 0.1) is 10.9 Å². The first-order valence-corrected chi connectivity index (χ1v) is 7.92. The molecule has 1 aromatic carbocycles. The molecular weight excluding hydrogens is 290 g/mol. The van der Waals surface area contributed by atoms with Gasteiger partial charge in [0, 0.05) is 23.7 Å². The molecule has 1 aliphatic rings. The maximum absolute atomic E-state index is 12.5. The van der Waals surface area contributed by atoms with Crippen molar-refractivity contribution in [2.45, 2.75) is 25.7 Å². The van der Waals surface area contributed by atoms with E-state index in [0.29, 0.717) is 34.8 Å². The molecule has 1 N–H and O–H groups in total. The molecule has 0 atom stereocenters. The van der Waals surface area contributed by atoms with Crippen LogP contribution >= 0.6 is 0 Å². The summed E-state index contributed by atoms with van der Waals surface area (Å²) in [6.07, 6.45) is 2.24. The van der Waals surface area contributed by atoms with Crippen molar-refractivity contribution in [3.63, 3.8) is 0 Å². The van der Waals surface area contributed by atoms with E-state index >= 15 is 0 Å². The minimum absolute atomic E-state index is 0.109. The van der Waals surface area contributed by atoms with Gasteiger partial charge in [-0.3, -0.25) is 4.79 Å². The Bertz CT molecular complexity index is 867. The maximum Gasteiger partial charge on any atom is 0.259 e. The standard InChI is InChI=1S/C18H17N3O2/c1-2-19-17(22)13-10-14(11-8-9-11)20-18-15(13)16(21-23-18)12-6-4-3-5-7-12/h3-7,10-11H,2,8-9H2,1H3,(H,19,22). The number of hydrogen-bond donors (Lipinski definition) is 1. The number of pyridine rings is 1. The first kappa shape index (κ1) is 13.9. The second kappa shape index (κ2) is 5.50. The SMILES string of the molecule is CCNC(=O)c1cc(C2CC2)nc2onc(-c3ccccc3)c12. The van der Waals surface area contributed by atoms with Crippen molar-refractivity contribution in [1.82, 2.24) is 15.5 Å². The highest BCUT2D eigenvalue weighted by molar-refractivity contribution is 6.09. The third kappa shape index (κ3) is 2.48. The third-order valence-electron chi connectivity index (χ3n) is 4.09. The largest absolute Gasteiger partial charge is 0.352 e. The van der Waals surface area contributed by atoms with Crippen LogP contribution in [0.2, 0.25) is 0 Å². The highest BCUT2D eigenvalue weighted by atomic mass is 16.5. The Hall–Kier alpha value is -2.69. The molecule has 1 fully saturated rings. The quantitative estimate of drug-likeness (QED) is 0.801. The fourth-order valence-electron chi connectivity index (χ4n) is 2.79. The zero-order chi connectivity index (χ0) is 15.8. The Morgan fingerprint density at radius 1 is 1.30 bits per heavy atom. The van der Waals surface area contributed by atoms with Crippen LogP contribution in [0.3, 0.4) is 0 Å². The van der Waals surface area contributed by atoms with E-state index in [0.717, 1.165) is 24.1 Å².